The smallest absolute Gasteiger partial charge is 0.252 e. The Morgan fingerprint density at radius 3 is 2.30 bits per heavy atom. The van der Waals surface area contributed by atoms with Gasteiger partial charge >= 0.3 is 0 Å². The predicted octanol–water partition coefficient (Wildman–Crippen LogP) is 5.74. The number of hydrogen-bond acceptors (Lipinski definition) is 4. The molecule has 5 rings (SSSR count). The summed E-state index contributed by atoms with van der Waals surface area (Å²) >= 11 is 1.64. The highest BCUT2D eigenvalue weighted by Crippen LogP contribution is 2.58. The van der Waals surface area contributed by atoms with Gasteiger partial charge in [0.1, 0.15) is 11.6 Å². The number of thiophene rings is 1. The van der Waals surface area contributed by atoms with Crippen LogP contribution in [0.5, 0.6) is 0 Å². The lowest BCUT2D eigenvalue weighted by atomic mass is 9.49. The van der Waals surface area contributed by atoms with Crippen LogP contribution in [0.4, 0.5) is 4.39 Å². The number of nitrogens with one attached hydrogen (secondary N) is 1. The van der Waals surface area contributed by atoms with Crippen LogP contribution >= 0.6 is 11.3 Å². The zero-order chi connectivity index (χ0) is 26.5. The van der Waals surface area contributed by atoms with Crippen LogP contribution in [0.15, 0.2) is 42.5 Å². The Balaban J connectivity index is 1.28. The van der Waals surface area contributed by atoms with Crippen LogP contribution in [0, 0.1) is 31.0 Å². The normalized spacial score (nSPS) is 22.3. The molecule has 1 spiro atoms. The first kappa shape index (κ1) is 25.3. The average Bonchev–Trinajstić information content (AvgIpc) is 3.06. The maximum Gasteiger partial charge on any atom is 0.252 e. The van der Waals surface area contributed by atoms with E-state index < -0.39 is 11.7 Å². The number of amides is 2. The number of carbonyl (C=O) groups is 3. The zero-order valence-electron chi connectivity index (χ0n) is 21.3. The second kappa shape index (κ2) is 9.53. The Morgan fingerprint density at radius 2 is 1.68 bits per heavy atom. The molecule has 1 aromatic heterocycles. The fourth-order valence-corrected chi connectivity index (χ4v) is 7.18. The van der Waals surface area contributed by atoms with Crippen LogP contribution in [-0.4, -0.2) is 23.6 Å². The van der Waals surface area contributed by atoms with Crippen molar-refractivity contribution in [2.24, 2.45) is 17.1 Å². The molecular weight excluding hydrogens is 487 g/mol. The van der Waals surface area contributed by atoms with Gasteiger partial charge in [0, 0.05) is 27.3 Å². The number of aryl methyl sites for hydroxylation is 2. The Hall–Kier alpha value is -3.32. The molecule has 3 N–H and O–H groups in total. The molecule has 0 radical (unpaired) electrons. The van der Waals surface area contributed by atoms with E-state index in [1.807, 2.05) is 38.1 Å². The van der Waals surface area contributed by atoms with E-state index in [0.29, 0.717) is 12.0 Å². The van der Waals surface area contributed by atoms with Crippen LogP contribution in [-0.2, 0) is 11.2 Å². The maximum absolute atomic E-state index is 14.0. The zero-order valence-corrected chi connectivity index (χ0v) is 22.1. The summed E-state index contributed by atoms with van der Waals surface area (Å²) in [5.41, 5.74) is 9.92. The molecule has 5 nitrogen and oxygen atoms in total. The van der Waals surface area contributed by atoms with Gasteiger partial charge in [-0.1, -0.05) is 24.3 Å². The Bertz CT molecular complexity index is 1390. The van der Waals surface area contributed by atoms with E-state index in [1.54, 1.807) is 24.3 Å². The summed E-state index contributed by atoms with van der Waals surface area (Å²) in [6.07, 6.45) is 4.46. The molecule has 3 aromatic rings. The minimum atomic E-state index is -0.670. The summed E-state index contributed by atoms with van der Waals surface area (Å²) in [6.45, 7) is 5.71. The van der Waals surface area contributed by atoms with Crippen LogP contribution in [0.3, 0.4) is 0 Å². The molecule has 0 unspecified atom stereocenters. The molecule has 2 aliphatic carbocycles. The van der Waals surface area contributed by atoms with Crippen molar-refractivity contribution in [3.8, 4) is 11.1 Å². The summed E-state index contributed by atoms with van der Waals surface area (Å²) in [6, 6.07) is 12.0. The first-order valence-electron chi connectivity index (χ1n) is 12.6. The van der Waals surface area contributed by atoms with Gasteiger partial charge in [-0.3, -0.25) is 14.4 Å². The fraction of sp³-hybridized carbons (Fsp3) is 0.367. The molecule has 37 heavy (non-hydrogen) atoms. The van der Waals surface area contributed by atoms with Crippen molar-refractivity contribution < 1.29 is 18.8 Å². The van der Waals surface area contributed by atoms with Crippen molar-refractivity contribution in [3.63, 3.8) is 0 Å². The number of benzene rings is 2. The third-order valence-electron chi connectivity index (χ3n) is 8.09. The molecule has 0 aliphatic heterocycles. The molecule has 2 amide bonds. The number of carbonyl (C=O) groups excluding carboxylic acids is 3. The monoisotopic (exact) mass is 518 g/mol. The number of halogens is 1. The third kappa shape index (κ3) is 4.97. The number of hydrogen-bond donors (Lipinski definition) is 2. The van der Waals surface area contributed by atoms with Crippen molar-refractivity contribution >= 4 is 28.9 Å². The third-order valence-corrected chi connectivity index (χ3v) is 9.15. The van der Waals surface area contributed by atoms with Gasteiger partial charge in [0.05, 0.1) is 5.56 Å². The highest BCUT2D eigenvalue weighted by atomic mass is 32.1. The van der Waals surface area contributed by atoms with Gasteiger partial charge < -0.3 is 11.1 Å². The summed E-state index contributed by atoms with van der Waals surface area (Å²) in [5.74, 6) is -0.705. The maximum atomic E-state index is 14.0. The molecular formula is C30H31FN2O3S. The lowest BCUT2D eigenvalue weighted by Gasteiger charge is -2.57. The lowest BCUT2D eigenvalue weighted by molar-refractivity contribution is -0.134. The molecule has 0 bridgehead atoms. The first-order chi connectivity index (χ1) is 17.5. The molecule has 192 valence electrons. The predicted molar refractivity (Wildman–Crippen MR) is 143 cm³/mol. The van der Waals surface area contributed by atoms with Gasteiger partial charge in [-0.05, 0) is 98.7 Å². The summed E-state index contributed by atoms with van der Waals surface area (Å²) in [4.78, 5) is 38.5. The summed E-state index contributed by atoms with van der Waals surface area (Å²) in [7, 11) is 0. The van der Waals surface area contributed by atoms with E-state index >= 15 is 0 Å². The topological polar surface area (TPSA) is 89.3 Å². The quantitative estimate of drug-likeness (QED) is 0.418. The minimum absolute atomic E-state index is 0.0190. The van der Waals surface area contributed by atoms with Gasteiger partial charge in [0.2, 0.25) is 5.91 Å². The average molecular weight is 519 g/mol. The highest BCUT2D eigenvalue weighted by molar-refractivity contribution is 7.12. The van der Waals surface area contributed by atoms with E-state index in [4.69, 9.17) is 5.73 Å². The molecule has 0 atom stereocenters. The van der Waals surface area contributed by atoms with Crippen molar-refractivity contribution in [2.75, 3.05) is 0 Å². The lowest BCUT2D eigenvalue weighted by Crippen LogP contribution is -2.57. The standard InChI is InChI=1S/C30H31FN2O3S/c1-16(34)23-12-30(13-23)14-25(15-30)33-29(36)27-18(3)37-17(2)26(27)8-19-4-6-20(7-5-19)21-9-22(28(32)35)11-24(31)10-21/h4-7,9-11,23,25H,8,12-15H2,1-3H3,(H2,32,35)(H,33,36). The van der Waals surface area contributed by atoms with Gasteiger partial charge in [-0.2, -0.15) is 0 Å². The first-order valence-corrected chi connectivity index (χ1v) is 13.4. The van der Waals surface area contributed by atoms with E-state index in [2.05, 4.69) is 5.32 Å². The molecule has 2 saturated carbocycles. The van der Waals surface area contributed by atoms with Crippen LogP contribution in [0.25, 0.3) is 11.1 Å². The SMILES string of the molecule is CC(=O)C1CC2(CC(NC(=O)c3c(C)sc(C)c3Cc3ccc(-c4cc(F)cc(C(N)=O)c4)cc3)C2)C1. The second-order valence-corrected chi connectivity index (χ2v) is 12.3. The number of ketones is 1. The molecule has 2 aliphatic rings. The van der Waals surface area contributed by atoms with Crippen molar-refractivity contribution in [3.05, 3.63) is 80.3 Å². The number of primary amides is 1. The van der Waals surface area contributed by atoms with Crippen LogP contribution in [0.1, 0.15) is 74.2 Å². The second-order valence-electron chi connectivity index (χ2n) is 10.8. The van der Waals surface area contributed by atoms with E-state index in [1.165, 1.54) is 6.07 Å². The number of Topliss-reactive ketones (excluding diaryl/α,β-unsaturated/α-hetero) is 1. The van der Waals surface area contributed by atoms with Crippen molar-refractivity contribution in [1.82, 2.24) is 5.32 Å². The largest absolute Gasteiger partial charge is 0.366 e. The number of rotatable bonds is 7. The van der Waals surface area contributed by atoms with Gasteiger partial charge in [-0.25, -0.2) is 4.39 Å². The Labute approximate surface area is 220 Å². The summed E-state index contributed by atoms with van der Waals surface area (Å²) in [5, 5.41) is 3.24. The summed E-state index contributed by atoms with van der Waals surface area (Å²) < 4.78 is 14.0. The fourth-order valence-electron chi connectivity index (χ4n) is 6.11. The van der Waals surface area contributed by atoms with E-state index in [0.717, 1.165) is 63.8 Å². The van der Waals surface area contributed by atoms with Crippen molar-refractivity contribution in [1.29, 1.82) is 0 Å². The molecule has 2 fully saturated rings. The van der Waals surface area contributed by atoms with Crippen LogP contribution in [0.2, 0.25) is 0 Å². The number of nitrogens with two attached hydrogens (primary N) is 1. The van der Waals surface area contributed by atoms with Crippen LogP contribution < -0.4 is 11.1 Å². The Morgan fingerprint density at radius 1 is 1.00 bits per heavy atom. The van der Waals surface area contributed by atoms with E-state index in [9.17, 15) is 18.8 Å². The molecule has 7 heteroatoms. The molecule has 2 aromatic carbocycles. The van der Waals surface area contributed by atoms with E-state index in [-0.39, 0.29) is 34.6 Å². The minimum Gasteiger partial charge on any atom is -0.366 e. The molecule has 0 saturated heterocycles. The van der Waals surface area contributed by atoms with Gasteiger partial charge in [0.25, 0.3) is 5.91 Å². The molecule has 1 heterocycles. The highest BCUT2D eigenvalue weighted by Gasteiger charge is 2.54. The van der Waals surface area contributed by atoms with Gasteiger partial charge in [-0.15, -0.1) is 11.3 Å². The van der Waals surface area contributed by atoms with Gasteiger partial charge in [0.15, 0.2) is 0 Å². The van der Waals surface area contributed by atoms with Crippen molar-refractivity contribution in [2.45, 2.75) is 58.9 Å². The Kier molecular flexibility index (Phi) is 6.52.